The third-order valence-corrected chi connectivity index (χ3v) is 3.35. The molecule has 0 aromatic rings. The number of hydrogen-bond donors (Lipinski definition) is 0. The predicted molar refractivity (Wildman–Crippen MR) is 57.9 cm³/mol. The molecule has 12 heavy (non-hydrogen) atoms. The van der Waals surface area contributed by atoms with Crippen molar-refractivity contribution in [3.63, 3.8) is 0 Å². The first-order chi connectivity index (χ1) is 5.72. The van der Waals surface area contributed by atoms with Crippen molar-refractivity contribution >= 4 is 23.4 Å². The first-order valence-electron chi connectivity index (χ1n) is 4.35. The molecule has 1 nitrogen and oxygen atoms in total. The molecule has 0 aliphatic carbocycles. The van der Waals surface area contributed by atoms with Crippen LogP contribution in [0.2, 0.25) is 0 Å². The maximum Gasteiger partial charge on any atom is 0.0175 e. The van der Waals surface area contributed by atoms with Crippen molar-refractivity contribution in [3.8, 4) is 0 Å². The largest absolute Gasteiger partial charge is 0.297 e. The average molecular weight is 206 g/mol. The fourth-order valence-corrected chi connectivity index (χ4v) is 3.09. The van der Waals surface area contributed by atoms with Gasteiger partial charge in [0.1, 0.15) is 0 Å². The minimum absolute atomic E-state index is 0.762. The van der Waals surface area contributed by atoms with Crippen molar-refractivity contribution in [2.75, 3.05) is 19.6 Å². The Morgan fingerprint density at radius 1 is 1.42 bits per heavy atom. The van der Waals surface area contributed by atoms with Gasteiger partial charge in [0.05, 0.1) is 0 Å². The van der Waals surface area contributed by atoms with E-state index in [0.717, 1.165) is 17.0 Å². The van der Waals surface area contributed by atoms with Crippen LogP contribution in [0.1, 0.15) is 13.8 Å². The van der Waals surface area contributed by atoms with Gasteiger partial charge < -0.3 is 0 Å². The smallest absolute Gasteiger partial charge is 0.0175 e. The molecule has 0 amide bonds. The van der Waals surface area contributed by atoms with Crippen LogP contribution in [-0.4, -0.2) is 35.0 Å². The van der Waals surface area contributed by atoms with Crippen molar-refractivity contribution < 1.29 is 0 Å². The van der Waals surface area contributed by atoms with Gasteiger partial charge in [-0.3, -0.25) is 4.90 Å². The van der Waals surface area contributed by atoms with E-state index in [1.165, 1.54) is 13.1 Å². The van der Waals surface area contributed by atoms with E-state index in [1.807, 2.05) is 6.08 Å². The Balaban J connectivity index is 2.33. The molecule has 0 bridgehead atoms. The Kier molecular flexibility index (Phi) is 4.47. The number of rotatable bonds is 2. The van der Waals surface area contributed by atoms with Gasteiger partial charge in [0.25, 0.3) is 0 Å². The van der Waals surface area contributed by atoms with E-state index in [-0.39, 0.29) is 0 Å². The second-order valence-electron chi connectivity index (χ2n) is 3.34. The van der Waals surface area contributed by atoms with E-state index in [1.54, 1.807) is 5.54 Å². The molecule has 2 atom stereocenters. The highest BCUT2D eigenvalue weighted by Crippen LogP contribution is 2.24. The van der Waals surface area contributed by atoms with E-state index < -0.39 is 0 Å². The highest BCUT2D eigenvalue weighted by atomic mass is 35.5. The Labute approximate surface area is 84.1 Å². The molecule has 0 aromatic carbocycles. The number of halogens is 1. The molecule has 70 valence electrons. The minimum Gasteiger partial charge on any atom is -0.297 e. The zero-order valence-electron chi connectivity index (χ0n) is 7.66. The molecular formula is C9H16ClNS. The van der Waals surface area contributed by atoms with Crippen LogP contribution in [0.15, 0.2) is 11.6 Å². The third-order valence-electron chi connectivity index (χ3n) is 1.95. The zero-order valence-corrected chi connectivity index (χ0v) is 9.24. The van der Waals surface area contributed by atoms with Crippen molar-refractivity contribution in [1.29, 1.82) is 0 Å². The van der Waals surface area contributed by atoms with Crippen molar-refractivity contribution in [2.24, 2.45) is 0 Å². The lowest BCUT2D eigenvalue weighted by molar-refractivity contribution is 0.299. The average Bonchev–Trinajstić information content (AvgIpc) is 1.99. The number of thioether (sulfide) groups is 1. The summed E-state index contributed by atoms with van der Waals surface area (Å²) in [7, 11) is 0. The second kappa shape index (κ2) is 5.15. The molecule has 0 N–H and O–H groups in total. The van der Waals surface area contributed by atoms with E-state index >= 15 is 0 Å². The molecule has 1 heterocycles. The fourth-order valence-electron chi connectivity index (χ4n) is 1.62. The normalized spacial score (nSPS) is 32.9. The van der Waals surface area contributed by atoms with E-state index in [0.29, 0.717) is 0 Å². The van der Waals surface area contributed by atoms with Crippen molar-refractivity contribution in [2.45, 2.75) is 24.3 Å². The molecule has 1 aliphatic heterocycles. The quantitative estimate of drug-likeness (QED) is 0.682. The number of nitrogens with zero attached hydrogens (tertiary/aromatic N) is 1. The lowest BCUT2D eigenvalue weighted by Crippen LogP contribution is -2.40. The SMILES string of the molecule is CC1CN(C/C=C/Cl)CC(C)S1. The highest BCUT2D eigenvalue weighted by Gasteiger charge is 2.20. The lowest BCUT2D eigenvalue weighted by atomic mass is 10.3. The molecule has 0 saturated carbocycles. The van der Waals surface area contributed by atoms with E-state index in [2.05, 4.69) is 30.5 Å². The Morgan fingerprint density at radius 2 is 2.00 bits per heavy atom. The van der Waals surface area contributed by atoms with Gasteiger partial charge in [-0.05, 0) is 0 Å². The maximum atomic E-state index is 5.48. The molecule has 2 unspecified atom stereocenters. The summed E-state index contributed by atoms with van der Waals surface area (Å²) in [6.07, 6.45) is 2.01. The topological polar surface area (TPSA) is 3.24 Å². The molecule has 3 heteroatoms. The van der Waals surface area contributed by atoms with Crippen LogP contribution >= 0.6 is 23.4 Å². The summed E-state index contributed by atoms with van der Waals surface area (Å²) < 4.78 is 0. The molecule has 1 saturated heterocycles. The molecule has 0 radical (unpaired) electrons. The van der Waals surface area contributed by atoms with Crippen LogP contribution in [0.5, 0.6) is 0 Å². The molecule has 1 rings (SSSR count). The summed E-state index contributed by atoms with van der Waals surface area (Å²) in [6.45, 7) is 7.96. The van der Waals surface area contributed by atoms with Crippen LogP contribution in [0.25, 0.3) is 0 Å². The van der Waals surface area contributed by atoms with Crippen LogP contribution < -0.4 is 0 Å². The van der Waals surface area contributed by atoms with Gasteiger partial charge in [-0.15, -0.1) is 0 Å². The van der Waals surface area contributed by atoms with Crippen LogP contribution in [0.4, 0.5) is 0 Å². The van der Waals surface area contributed by atoms with Gasteiger partial charge in [0.2, 0.25) is 0 Å². The van der Waals surface area contributed by atoms with Gasteiger partial charge in [-0.2, -0.15) is 11.8 Å². The van der Waals surface area contributed by atoms with Gasteiger partial charge in [-0.1, -0.05) is 31.5 Å². The minimum atomic E-state index is 0.762. The Hall–Kier alpha value is 0.340. The van der Waals surface area contributed by atoms with Gasteiger partial charge in [0.15, 0.2) is 0 Å². The third kappa shape index (κ3) is 3.38. The predicted octanol–water partition coefficient (Wildman–Crippen LogP) is 2.56. The Morgan fingerprint density at radius 3 is 2.50 bits per heavy atom. The molecule has 1 aliphatic rings. The Bertz CT molecular complexity index is 151. The fraction of sp³-hybridized carbons (Fsp3) is 0.778. The standard InChI is InChI=1S/C9H16ClNS/c1-8-6-11(5-3-4-10)7-9(2)12-8/h3-4,8-9H,5-7H2,1-2H3/b4-3+. The van der Waals surface area contributed by atoms with Crippen LogP contribution in [-0.2, 0) is 0 Å². The summed E-state index contributed by atoms with van der Waals surface area (Å²) in [5, 5.41) is 1.52. The van der Waals surface area contributed by atoms with Crippen LogP contribution in [0.3, 0.4) is 0 Å². The summed E-state index contributed by atoms with van der Waals surface area (Å²) in [5.41, 5.74) is 1.61. The van der Waals surface area contributed by atoms with Gasteiger partial charge in [0, 0.05) is 35.7 Å². The van der Waals surface area contributed by atoms with Crippen molar-refractivity contribution in [1.82, 2.24) is 4.90 Å². The van der Waals surface area contributed by atoms with E-state index in [4.69, 9.17) is 11.6 Å². The summed E-state index contributed by atoms with van der Waals surface area (Å²) in [4.78, 5) is 2.45. The van der Waals surface area contributed by atoms with Gasteiger partial charge in [-0.25, -0.2) is 0 Å². The molecule has 1 fully saturated rings. The number of hydrogen-bond acceptors (Lipinski definition) is 2. The van der Waals surface area contributed by atoms with Gasteiger partial charge >= 0.3 is 0 Å². The zero-order chi connectivity index (χ0) is 8.97. The monoisotopic (exact) mass is 205 g/mol. The van der Waals surface area contributed by atoms with Crippen LogP contribution in [0, 0.1) is 0 Å². The second-order valence-corrected chi connectivity index (χ2v) is 5.47. The summed E-state index contributed by atoms with van der Waals surface area (Å²) in [5.74, 6) is 0. The molecule has 0 spiro atoms. The first kappa shape index (κ1) is 10.4. The first-order valence-corrected chi connectivity index (χ1v) is 5.73. The molecule has 0 aromatic heterocycles. The van der Waals surface area contributed by atoms with Crippen molar-refractivity contribution in [3.05, 3.63) is 11.6 Å². The highest BCUT2D eigenvalue weighted by molar-refractivity contribution is 8.00. The summed E-state index contributed by atoms with van der Waals surface area (Å²) in [6, 6.07) is 0. The lowest BCUT2D eigenvalue weighted by Gasteiger charge is -2.33. The summed E-state index contributed by atoms with van der Waals surface area (Å²) >= 11 is 7.56. The molecular weight excluding hydrogens is 190 g/mol. The van der Waals surface area contributed by atoms with E-state index in [9.17, 15) is 0 Å². The maximum absolute atomic E-state index is 5.48.